The molecule has 1 saturated carbocycles. The van der Waals surface area contributed by atoms with Gasteiger partial charge in [0, 0.05) is 19.1 Å². The number of methoxy groups -OCH3 is 2. The number of likely N-dealkylation sites (tertiary alicyclic amines) is 1. The molecule has 2 fully saturated rings. The highest BCUT2D eigenvalue weighted by atomic mass is 35.5. The zero-order valence-electron chi connectivity index (χ0n) is 19.9. The van der Waals surface area contributed by atoms with Gasteiger partial charge in [0.05, 0.1) is 39.6 Å². The lowest BCUT2D eigenvalue weighted by atomic mass is 9.91. The van der Waals surface area contributed by atoms with Crippen molar-refractivity contribution in [1.29, 1.82) is 0 Å². The molecular formula is C27H38ClNO4. The fourth-order valence-electron chi connectivity index (χ4n) is 5.03. The van der Waals surface area contributed by atoms with Gasteiger partial charge in [0.1, 0.15) is 0 Å². The third-order valence-electron chi connectivity index (χ3n) is 6.81. The maximum atomic E-state index is 6.45. The van der Waals surface area contributed by atoms with Crippen molar-refractivity contribution >= 4 is 12.4 Å². The van der Waals surface area contributed by atoms with Crippen molar-refractivity contribution in [2.75, 3.05) is 33.9 Å². The van der Waals surface area contributed by atoms with Crippen LogP contribution in [0.25, 0.3) is 0 Å². The van der Waals surface area contributed by atoms with Crippen LogP contribution in [0.5, 0.6) is 11.5 Å². The summed E-state index contributed by atoms with van der Waals surface area (Å²) in [5.74, 6) is 1.54. The van der Waals surface area contributed by atoms with Crippen LogP contribution in [0.2, 0.25) is 0 Å². The smallest absolute Gasteiger partial charge is 0.160 e. The average molecular weight is 476 g/mol. The Kier molecular flexibility index (Phi) is 10.3. The van der Waals surface area contributed by atoms with E-state index in [1.54, 1.807) is 14.2 Å². The monoisotopic (exact) mass is 475 g/mol. The van der Waals surface area contributed by atoms with E-state index in [1.165, 1.54) is 30.4 Å². The van der Waals surface area contributed by atoms with Gasteiger partial charge in [0.25, 0.3) is 0 Å². The summed E-state index contributed by atoms with van der Waals surface area (Å²) in [5, 5.41) is 0. The summed E-state index contributed by atoms with van der Waals surface area (Å²) >= 11 is 0. The van der Waals surface area contributed by atoms with Crippen molar-refractivity contribution in [2.24, 2.45) is 0 Å². The van der Waals surface area contributed by atoms with E-state index >= 15 is 0 Å². The van der Waals surface area contributed by atoms with Gasteiger partial charge >= 0.3 is 0 Å². The molecule has 0 amide bonds. The summed E-state index contributed by atoms with van der Waals surface area (Å²) in [5.41, 5.74) is 2.46. The third-order valence-corrected chi connectivity index (χ3v) is 6.81. The molecule has 2 aromatic carbocycles. The normalized spacial score (nSPS) is 23.2. The van der Waals surface area contributed by atoms with E-state index in [4.69, 9.17) is 18.9 Å². The molecule has 1 aliphatic heterocycles. The predicted octanol–water partition coefficient (Wildman–Crippen LogP) is 5.29. The molecule has 182 valence electrons. The van der Waals surface area contributed by atoms with Crippen molar-refractivity contribution in [3.8, 4) is 11.5 Å². The van der Waals surface area contributed by atoms with E-state index in [-0.39, 0.29) is 12.4 Å². The molecule has 0 radical (unpaired) electrons. The summed E-state index contributed by atoms with van der Waals surface area (Å²) in [7, 11) is 3.34. The molecule has 1 heterocycles. The second kappa shape index (κ2) is 13.2. The van der Waals surface area contributed by atoms with E-state index in [0.29, 0.717) is 24.9 Å². The van der Waals surface area contributed by atoms with Gasteiger partial charge in [-0.25, -0.2) is 0 Å². The second-order valence-corrected chi connectivity index (χ2v) is 8.90. The van der Waals surface area contributed by atoms with Gasteiger partial charge in [-0.15, -0.1) is 12.4 Å². The van der Waals surface area contributed by atoms with Gasteiger partial charge in [-0.3, -0.25) is 4.90 Å². The van der Waals surface area contributed by atoms with E-state index in [1.807, 2.05) is 6.07 Å². The van der Waals surface area contributed by atoms with Crippen LogP contribution >= 0.6 is 12.4 Å². The Morgan fingerprint density at radius 2 is 1.64 bits per heavy atom. The average Bonchev–Trinajstić information content (AvgIpc) is 3.32. The van der Waals surface area contributed by atoms with Crippen LogP contribution in [0.4, 0.5) is 0 Å². The van der Waals surface area contributed by atoms with Gasteiger partial charge in [-0.2, -0.15) is 0 Å². The van der Waals surface area contributed by atoms with Crippen LogP contribution in [0.15, 0.2) is 48.5 Å². The minimum Gasteiger partial charge on any atom is -0.493 e. The van der Waals surface area contributed by atoms with Crippen molar-refractivity contribution in [2.45, 2.75) is 63.4 Å². The van der Waals surface area contributed by atoms with E-state index in [9.17, 15) is 0 Å². The largest absolute Gasteiger partial charge is 0.493 e. The maximum absolute atomic E-state index is 6.45. The zero-order chi connectivity index (χ0) is 22.2. The zero-order valence-corrected chi connectivity index (χ0v) is 20.7. The summed E-state index contributed by atoms with van der Waals surface area (Å²) in [4.78, 5) is 2.62. The molecule has 0 unspecified atom stereocenters. The Balaban J connectivity index is 0.00000306. The first-order chi connectivity index (χ1) is 15.8. The molecule has 4 rings (SSSR count). The molecule has 0 aromatic heterocycles. The highest BCUT2D eigenvalue weighted by Gasteiger charge is 2.35. The second-order valence-electron chi connectivity index (χ2n) is 8.90. The molecule has 3 atom stereocenters. The lowest BCUT2D eigenvalue weighted by molar-refractivity contribution is -0.0352. The molecule has 0 bridgehead atoms. The van der Waals surface area contributed by atoms with Crippen LogP contribution < -0.4 is 9.47 Å². The Morgan fingerprint density at radius 1 is 0.848 bits per heavy atom. The third kappa shape index (κ3) is 7.10. The summed E-state index contributed by atoms with van der Waals surface area (Å²) in [6.07, 6.45) is 7.58. The highest BCUT2D eigenvalue weighted by molar-refractivity contribution is 5.85. The molecule has 33 heavy (non-hydrogen) atoms. The Hall–Kier alpha value is -1.79. The van der Waals surface area contributed by atoms with Crippen LogP contribution in [0, 0.1) is 0 Å². The molecule has 2 aromatic rings. The van der Waals surface area contributed by atoms with Crippen LogP contribution in [0.3, 0.4) is 0 Å². The SMILES string of the molecule is COc1ccc(CCO[C@H]2CCCC[C@@H]2N2CC[C@H](OCc3ccccc3)C2)cc1OC.Cl. The number of benzene rings is 2. The van der Waals surface area contributed by atoms with Crippen LogP contribution in [-0.4, -0.2) is 57.1 Å². The molecule has 1 saturated heterocycles. The minimum atomic E-state index is 0. The molecule has 6 heteroatoms. The fourth-order valence-corrected chi connectivity index (χ4v) is 5.03. The topological polar surface area (TPSA) is 40.2 Å². The Labute approximate surface area is 204 Å². The van der Waals surface area contributed by atoms with E-state index < -0.39 is 0 Å². The minimum absolute atomic E-state index is 0. The molecule has 5 nitrogen and oxygen atoms in total. The first kappa shape index (κ1) is 25.8. The first-order valence-electron chi connectivity index (χ1n) is 12.0. The predicted molar refractivity (Wildman–Crippen MR) is 134 cm³/mol. The quantitative estimate of drug-likeness (QED) is 0.467. The lowest BCUT2D eigenvalue weighted by Crippen LogP contribution is -2.46. The number of hydrogen-bond donors (Lipinski definition) is 0. The number of rotatable bonds is 10. The highest BCUT2D eigenvalue weighted by Crippen LogP contribution is 2.30. The lowest BCUT2D eigenvalue weighted by Gasteiger charge is -2.37. The Bertz CT molecular complexity index is 834. The van der Waals surface area contributed by atoms with Crippen molar-refractivity contribution in [3.05, 3.63) is 59.7 Å². The van der Waals surface area contributed by atoms with Crippen molar-refractivity contribution in [3.63, 3.8) is 0 Å². The number of ether oxygens (including phenoxy) is 4. The van der Waals surface area contributed by atoms with Gasteiger partial charge < -0.3 is 18.9 Å². The van der Waals surface area contributed by atoms with Crippen molar-refractivity contribution in [1.82, 2.24) is 4.90 Å². The molecule has 2 aliphatic rings. The number of halogens is 1. The standard InChI is InChI=1S/C27H37NO4.ClH/c1-29-26-13-12-21(18-27(26)30-2)15-17-31-25-11-7-6-10-24(25)28-16-14-23(19-28)32-20-22-8-4-3-5-9-22;/h3-5,8-9,12-13,18,23-25H,6-7,10-11,14-17,19-20H2,1-2H3;1H/t23-,24-,25-;/m0./s1. The number of hydrogen-bond acceptors (Lipinski definition) is 5. The van der Waals surface area contributed by atoms with E-state index in [2.05, 4.69) is 47.4 Å². The summed E-state index contributed by atoms with van der Waals surface area (Å²) in [6.45, 7) is 3.57. The molecule has 0 N–H and O–H groups in total. The fraction of sp³-hybridized carbons (Fsp3) is 0.556. The summed E-state index contributed by atoms with van der Waals surface area (Å²) < 4.78 is 23.4. The molecular weight excluding hydrogens is 438 g/mol. The number of nitrogens with zero attached hydrogens (tertiary/aromatic N) is 1. The molecule has 1 aliphatic carbocycles. The summed E-state index contributed by atoms with van der Waals surface area (Å²) in [6, 6.07) is 17.1. The van der Waals surface area contributed by atoms with Gasteiger partial charge in [0.2, 0.25) is 0 Å². The molecule has 0 spiro atoms. The van der Waals surface area contributed by atoms with Gasteiger partial charge in [-0.1, -0.05) is 49.2 Å². The van der Waals surface area contributed by atoms with Crippen LogP contribution in [0.1, 0.15) is 43.2 Å². The Morgan fingerprint density at radius 3 is 2.42 bits per heavy atom. The van der Waals surface area contributed by atoms with Gasteiger partial charge in [0.15, 0.2) is 11.5 Å². The van der Waals surface area contributed by atoms with Gasteiger partial charge in [-0.05, 0) is 48.9 Å². The van der Waals surface area contributed by atoms with Crippen LogP contribution in [-0.2, 0) is 22.5 Å². The maximum Gasteiger partial charge on any atom is 0.160 e. The first-order valence-corrected chi connectivity index (χ1v) is 12.0. The van der Waals surface area contributed by atoms with E-state index in [0.717, 1.165) is 50.5 Å². The van der Waals surface area contributed by atoms with Crippen molar-refractivity contribution < 1.29 is 18.9 Å².